The summed E-state index contributed by atoms with van der Waals surface area (Å²) in [4.78, 5) is 29.4. The smallest absolute Gasteiger partial charge is 0.339 e. The van der Waals surface area contributed by atoms with E-state index in [0.29, 0.717) is 27.9 Å². The number of nitrogens with one attached hydrogen (secondary N) is 1. The fraction of sp³-hybridized carbons (Fsp3) is 0.0870. The lowest BCUT2D eigenvalue weighted by atomic mass is 10.0. The van der Waals surface area contributed by atoms with Crippen LogP contribution in [0.2, 0.25) is 0 Å². The number of hydrogen-bond donors (Lipinski definition) is 1. The molecule has 0 aliphatic carbocycles. The fourth-order valence-corrected chi connectivity index (χ4v) is 2.96. The molecular formula is C23H18N2O4. The van der Waals surface area contributed by atoms with E-state index in [1.807, 2.05) is 54.6 Å². The van der Waals surface area contributed by atoms with Gasteiger partial charge in [0.2, 0.25) is 0 Å². The molecule has 4 rings (SSSR count). The molecule has 144 valence electrons. The Balaban J connectivity index is 1.52. The fourth-order valence-electron chi connectivity index (χ4n) is 2.96. The summed E-state index contributed by atoms with van der Waals surface area (Å²) in [5, 5.41) is 3.32. The van der Waals surface area contributed by atoms with Gasteiger partial charge in [-0.1, -0.05) is 48.5 Å². The van der Waals surface area contributed by atoms with Crippen molar-refractivity contribution in [3.63, 3.8) is 0 Å². The number of nitrogens with zero attached hydrogens (tertiary/aromatic N) is 1. The summed E-state index contributed by atoms with van der Waals surface area (Å²) >= 11 is 0. The number of hydrogen-bond acceptors (Lipinski definition) is 5. The number of carbonyl (C=O) groups is 2. The molecule has 0 unspecified atom stereocenters. The summed E-state index contributed by atoms with van der Waals surface area (Å²) in [5.74, 6) is -0.359. The van der Waals surface area contributed by atoms with E-state index >= 15 is 0 Å². The van der Waals surface area contributed by atoms with Gasteiger partial charge in [-0.25, -0.2) is 9.78 Å². The molecule has 0 aliphatic rings. The van der Waals surface area contributed by atoms with Crippen LogP contribution in [0.5, 0.6) is 0 Å². The molecular weight excluding hydrogens is 368 g/mol. The van der Waals surface area contributed by atoms with E-state index in [4.69, 9.17) is 9.15 Å². The Morgan fingerprint density at radius 3 is 2.55 bits per heavy atom. The Kier molecular flexibility index (Phi) is 5.33. The van der Waals surface area contributed by atoms with Crippen molar-refractivity contribution in [2.24, 2.45) is 0 Å². The molecule has 2 aromatic heterocycles. The first-order valence-electron chi connectivity index (χ1n) is 9.12. The van der Waals surface area contributed by atoms with Crippen molar-refractivity contribution in [1.82, 2.24) is 10.3 Å². The van der Waals surface area contributed by atoms with Gasteiger partial charge in [-0.05, 0) is 24.3 Å². The molecule has 0 bridgehead atoms. The van der Waals surface area contributed by atoms with Crippen LogP contribution in [0.15, 0.2) is 83.5 Å². The van der Waals surface area contributed by atoms with Crippen molar-refractivity contribution in [3.05, 3.63) is 90.4 Å². The van der Waals surface area contributed by atoms with Gasteiger partial charge in [0, 0.05) is 10.9 Å². The van der Waals surface area contributed by atoms with E-state index in [1.165, 1.54) is 6.26 Å². The number of carbonyl (C=O) groups excluding carboxylic acids is 2. The van der Waals surface area contributed by atoms with Crippen LogP contribution in [0.3, 0.4) is 0 Å². The summed E-state index contributed by atoms with van der Waals surface area (Å²) in [5.41, 5.74) is 2.61. The third-order valence-corrected chi connectivity index (χ3v) is 4.38. The molecule has 0 atom stereocenters. The Labute approximate surface area is 167 Å². The summed E-state index contributed by atoms with van der Waals surface area (Å²) in [6, 6.07) is 22.1. The van der Waals surface area contributed by atoms with Crippen LogP contribution < -0.4 is 5.32 Å². The first kappa shape index (κ1) is 18.4. The van der Waals surface area contributed by atoms with Crippen molar-refractivity contribution in [2.75, 3.05) is 6.61 Å². The summed E-state index contributed by atoms with van der Waals surface area (Å²) < 4.78 is 10.4. The summed E-state index contributed by atoms with van der Waals surface area (Å²) in [7, 11) is 0. The summed E-state index contributed by atoms with van der Waals surface area (Å²) in [6.07, 6.45) is 1.53. The second-order valence-corrected chi connectivity index (χ2v) is 6.37. The normalized spacial score (nSPS) is 10.6. The first-order valence-corrected chi connectivity index (χ1v) is 9.12. The lowest BCUT2D eigenvalue weighted by Crippen LogP contribution is -2.28. The highest BCUT2D eigenvalue weighted by Gasteiger charge is 2.16. The summed E-state index contributed by atoms with van der Waals surface area (Å²) in [6.45, 7) is -0.142. The van der Waals surface area contributed by atoms with Crippen LogP contribution in [-0.4, -0.2) is 23.5 Å². The van der Waals surface area contributed by atoms with Crippen molar-refractivity contribution >= 4 is 22.8 Å². The molecule has 29 heavy (non-hydrogen) atoms. The van der Waals surface area contributed by atoms with Gasteiger partial charge in [0.25, 0.3) is 5.91 Å². The SMILES string of the molecule is O=C(COC(=O)c1cc(-c2ccccc2)nc2ccccc12)NCc1ccco1. The van der Waals surface area contributed by atoms with E-state index in [2.05, 4.69) is 10.3 Å². The quantitative estimate of drug-likeness (QED) is 0.507. The monoisotopic (exact) mass is 386 g/mol. The number of fused-ring (bicyclic) bond motifs is 1. The van der Waals surface area contributed by atoms with Crippen LogP contribution >= 0.6 is 0 Å². The number of rotatable bonds is 6. The maximum absolute atomic E-state index is 12.7. The van der Waals surface area contributed by atoms with Gasteiger partial charge in [0.1, 0.15) is 5.76 Å². The van der Waals surface area contributed by atoms with Gasteiger partial charge in [0.15, 0.2) is 6.61 Å². The van der Waals surface area contributed by atoms with Crippen molar-refractivity contribution in [2.45, 2.75) is 6.54 Å². The lowest BCUT2D eigenvalue weighted by molar-refractivity contribution is -0.124. The molecule has 0 aliphatic heterocycles. The zero-order chi connectivity index (χ0) is 20.1. The minimum absolute atomic E-state index is 0.236. The van der Waals surface area contributed by atoms with Gasteiger partial charge >= 0.3 is 5.97 Å². The topological polar surface area (TPSA) is 81.4 Å². The molecule has 0 saturated heterocycles. The highest BCUT2D eigenvalue weighted by Crippen LogP contribution is 2.25. The largest absolute Gasteiger partial charge is 0.467 e. The maximum Gasteiger partial charge on any atom is 0.339 e. The predicted molar refractivity (Wildman–Crippen MR) is 108 cm³/mol. The number of para-hydroxylation sites is 1. The molecule has 0 saturated carbocycles. The third-order valence-electron chi connectivity index (χ3n) is 4.38. The van der Waals surface area contributed by atoms with Gasteiger partial charge < -0.3 is 14.5 Å². The van der Waals surface area contributed by atoms with Crippen molar-refractivity contribution < 1.29 is 18.7 Å². The van der Waals surface area contributed by atoms with Crippen LogP contribution in [-0.2, 0) is 16.1 Å². The molecule has 4 aromatic rings. The molecule has 6 nitrogen and oxygen atoms in total. The zero-order valence-electron chi connectivity index (χ0n) is 15.5. The van der Waals surface area contributed by atoms with E-state index in [-0.39, 0.29) is 13.2 Å². The minimum atomic E-state index is -0.575. The number of aromatic nitrogens is 1. The average Bonchev–Trinajstić information content (AvgIpc) is 3.29. The van der Waals surface area contributed by atoms with Crippen LogP contribution in [0.25, 0.3) is 22.2 Å². The van der Waals surface area contributed by atoms with E-state index in [9.17, 15) is 9.59 Å². The third kappa shape index (κ3) is 4.32. The second-order valence-electron chi connectivity index (χ2n) is 6.37. The molecule has 0 radical (unpaired) electrons. The molecule has 1 amide bonds. The molecule has 0 spiro atoms. The second kappa shape index (κ2) is 8.39. The Morgan fingerprint density at radius 2 is 1.76 bits per heavy atom. The highest BCUT2D eigenvalue weighted by molar-refractivity contribution is 6.05. The van der Waals surface area contributed by atoms with Crippen LogP contribution in [0, 0.1) is 0 Å². The number of esters is 1. The molecule has 2 heterocycles. The van der Waals surface area contributed by atoms with Crippen molar-refractivity contribution in [1.29, 1.82) is 0 Å². The number of amides is 1. The van der Waals surface area contributed by atoms with Gasteiger partial charge in [0.05, 0.1) is 29.6 Å². The van der Waals surface area contributed by atoms with Crippen LogP contribution in [0.1, 0.15) is 16.1 Å². The molecule has 1 N–H and O–H groups in total. The van der Waals surface area contributed by atoms with Gasteiger partial charge in [-0.15, -0.1) is 0 Å². The zero-order valence-corrected chi connectivity index (χ0v) is 15.5. The van der Waals surface area contributed by atoms with Crippen LogP contribution in [0.4, 0.5) is 0 Å². The Hall–Kier alpha value is -3.93. The first-order chi connectivity index (χ1) is 14.2. The lowest BCUT2D eigenvalue weighted by Gasteiger charge is -2.10. The number of pyridine rings is 1. The molecule has 0 fully saturated rings. The standard InChI is InChI=1S/C23H18N2O4/c26-22(24-14-17-9-6-12-28-17)15-29-23(27)19-13-21(16-7-2-1-3-8-16)25-20-11-5-4-10-18(19)20/h1-13H,14-15H2,(H,24,26). The van der Waals surface area contributed by atoms with E-state index < -0.39 is 11.9 Å². The van der Waals surface area contributed by atoms with E-state index in [1.54, 1.807) is 18.2 Å². The predicted octanol–water partition coefficient (Wildman–Crippen LogP) is 3.97. The van der Waals surface area contributed by atoms with Gasteiger partial charge in [-0.2, -0.15) is 0 Å². The van der Waals surface area contributed by atoms with E-state index in [0.717, 1.165) is 5.56 Å². The molecule has 6 heteroatoms. The van der Waals surface area contributed by atoms with Crippen molar-refractivity contribution in [3.8, 4) is 11.3 Å². The highest BCUT2D eigenvalue weighted by atomic mass is 16.5. The average molecular weight is 386 g/mol. The molecule has 2 aromatic carbocycles. The van der Waals surface area contributed by atoms with Gasteiger partial charge in [-0.3, -0.25) is 4.79 Å². The number of benzene rings is 2. The Bertz CT molecular complexity index is 1140. The number of furan rings is 1. The number of ether oxygens (including phenoxy) is 1. The minimum Gasteiger partial charge on any atom is -0.467 e. The Morgan fingerprint density at radius 1 is 0.966 bits per heavy atom. The maximum atomic E-state index is 12.7.